The monoisotopic (exact) mass is 312 g/mol. The van der Waals surface area contributed by atoms with E-state index in [4.69, 9.17) is 0 Å². The summed E-state index contributed by atoms with van der Waals surface area (Å²) in [5.74, 6) is 0. The van der Waals surface area contributed by atoms with Crippen LogP contribution in [0, 0.1) is 6.92 Å². The van der Waals surface area contributed by atoms with Gasteiger partial charge in [-0.25, -0.2) is 13.1 Å². The fraction of sp³-hybridized carbons (Fsp3) is 0.118. The second-order valence-electron chi connectivity index (χ2n) is 5.28. The van der Waals surface area contributed by atoms with E-state index in [9.17, 15) is 8.42 Å². The molecule has 0 aliphatic heterocycles. The molecule has 0 atom stereocenters. The molecule has 0 aliphatic rings. The zero-order chi connectivity index (χ0) is 15.7. The van der Waals surface area contributed by atoms with Gasteiger partial charge < -0.3 is 0 Å². The minimum atomic E-state index is -3.17. The summed E-state index contributed by atoms with van der Waals surface area (Å²) in [4.78, 5) is 0.308. The summed E-state index contributed by atoms with van der Waals surface area (Å²) in [7, 11) is -3.17. The standard InChI is InChI=1S/C17H16N2O2S/c1-13-3-5-14(6-4-13)17-11-12-19(18-17)15-7-9-16(10-8-15)22(2,20)21/h3-12H,1-2H3. The van der Waals surface area contributed by atoms with Crippen molar-refractivity contribution in [3.05, 3.63) is 66.4 Å². The van der Waals surface area contributed by atoms with Gasteiger partial charge in [-0.3, -0.25) is 0 Å². The van der Waals surface area contributed by atoms with Crippen molar-refractivity contribution in [3.8, 4) is 16.9 Å². The Morgan fingerprint density at radius 1 is 0.909 bits per heavy atom. The molecule has 112 valence electrons. The van der Waals surface area contributed by atoms with Crippen molar-refractivity contribution in [3.63, 3.8) is 0 Å². The third-order valence-corrected chi connectivity index (χ3v) is 4.59. The predicted molar refractivity (Wildman–Crippen MR) is 86.8 cm³/mol. The van der Waals surface area contributed by atoms with Crippen molar-refractivity contribution in [2.24, 2.45) is 0 Å². The molecule has 0 aliphatic carbocycles. The van der Waals surface area contributed by atoms with Gasteiger partial charge in [-0.1, -0.05) is 29.8 Å². The molecule has 22 heavy (non-hydrogen) atoms. The van der Waals surface area contributed by atoms with Gasteiger partial charge in [0.2, 0.25) is 0 Å². The molecular formula is C17H16N2O2S. The lowest BCUT2D eigenvalue weighted by Gasteiger charge is -2.03. The predicted octanol–water partition coefficient (Wildman–Crippen LogP) is 3.25. The molecule has 4 nitrogen and oxygen atoms in total. The molecule has 0 bridgehead atoms. The Bertz CT molecular complexity index is 893. The highest BCUT2D eigenvalue weighted by molar-refractivity contribution is 7.90. The maximum Gasteiger partial charge on any atom is 0.175 e. The number of hydrogen-bond donors (Lipinski definition) is 0. The molecule has 0 N–H and O–H groups in total. The van der Waals surface area contributed by atoms with Crippen molar-refractivity contribution < 1.29 is 8.42 Å². The molecule has 0 spiro atoms. The average Bonchev–Trinajstić information content (AvgIpc) is 2.97. The number of benzene rings is 2. The Labute approximate surface area is 130 Å². The molecule has 0 fully saturated rings. The van der Waals surface area contributed by atoms with Crippen molar-refractivity contribution in [1.29, 1.82) is 0 Å². The molecule has 2 aromatic carbocycles. The van der Waals surface area contributed by atoms with E-state index < -0.39 is 9.84 Å². The number of hydrogen-bond acceptors (Lipinski definition) is 3. The van der Waals surface area contributed by atoms with Crippen LogP contribution in [0.25, 0.3) is 16.9 Å². The third-order valence-electron chi connectivity index (χ3n) is 3.47. The van der Waals surface area contributed by atoms with Gasteiger partial charge in [0.1, 0.15) is 0 Å². The molecule has 0 amide bonds. The third kappa shape index (κ3) is 2.94. The Morgan fingerprint density at radius 3 is 2.14 bits per heavy atom. The fourth-order valence-corrected chi connectivity index (χ4v) is 2.82. The summed E-state index contributed by atoms with van der Waals surface area (Å²) in [5, 5.41) is 4.54. The van der Waals surface area contributed by atoms with E-state index in [0.717, 1.165) is 16.9 Å². The molecule has 0 radical (unpaired) electrons. The molecular weight excluding hydrogens is 296 g/mol. The van der Waals surface area contributed by atoms with Crippen LogP contribution in [0.4, 0.5) is 0 Å². The lowest BCUT2D eigenvalue weighted by atomic mass is 10.1. The molecule has 0 saturated carbocycles. The van der Waals surface area contributed by atoms with Crippen LogP contribution in [0.15, 0.2) is 65.7 Å². The van der Waals surface area contributed by atoms with E-state index in [0.29, 0.717) is 4.90 Å². The number of rotatable bonds is 3. The molecule has 3 aromatic rings. The summed E-state index contributed by atoms with van der Waals surface area (Å²) in [6.07, 6.45) is 3.07. The zero-order valence-electron chi connectivity index (χ0n) is 12.4. The first-order valence-electron chi connectivity index (χ1n) is 6.87. The maximum atomic E-state index is 11.5. The number of nitrogens with zero attached hydrogens (tertiary/aromatic N) is 2. The Hall–Kier alpha value is -2.40. The summed E-state index contributed by atoms with van der Waals surface area (Å²) in [6.45, 7) is 2.05. The largest absolute Gasteiger partial charge is 0.240 e. The van der Waals surface area contributed by atoms with Crippen molar-refractivity contribution in [2.75, 3.05) is 6.26 Å². The molecule has 1 aromatic heterocycles. The van der Waals surface area contributed by atoms with Crippen LogP contribution in [0.1, 0.15) is 5.56 Å². The van der Waals surface area contributed by atoms with Crippen molar-refractivity contribution in [1.82, 2.24) is 9.78 Å². The SMILES string of the molecule is Cc1ccc(-c2ccn(-c3ccc(S(C)(=O)=O)cc3)n2)cc1. The van der Waals surface area contributed by atoms with Gasteiger partial charge in [0.15, 0.2) is 9.84 Å². The smallest absolute Gasteiger partial charge is 0.175 e. The van der Waals surface area contributed by atoms with Crippen LogP contribution < -0.4 is 0 Å². The first kappa shape index (κ1) is 14.5. The van der Waals surface area contributed by atoms with Gasteiger partial charge >= 0.3 is 0 Å². The van der Waals surface area contributed by atoms with Crippen LogP contribution in [0.5, 0.6) is 0 Å². The van der Waals surface area contributed by atoms with E-state index in [-0.39, 0.29) is 0 Å². The second-order valence-corrected chi connectivity index (χ2v) is 7.29. The van der Waals surface area contributed by atoms with Gasteiger partial charge in [0.05, 0.1) is 16.3 Å². The molecule has 3 rings (SSSR count). The van der Waals surface area contributed by atoms with Crippen molar-refractivity contribution in [2.45, 2.75) is 11.8 Å². The average molecular weight is 312 g/mol. The molecule has 0 saturated heterocycles. The van der Waals surface area contributed by atoms with Crippen LogP contribution in [-0.2, 0) is 9.84 Å². The summed E-state index contributed by atoms with van der Waals surface area (Å²) < 4.78 is 24.7. The summed E-state index contributed by atoms with van der Waals surface area (Å²) in [6, 6.07) is 16.8. The first-order chi connectivity index (χ1) is 10.4. The molecule has 5 heteroatoms. The lowest BCUT2D eigenvalue weighted by molar-refractivity contribution is 0.602. The lowest BCUT2D eigenvalue weighted by Crippen LogP contribution is -1.99. The van der Waals surface area contributed by atoms with Crippen molar-refractivity contribution >= 4 is 9.84 Å². The van der Waals surface area contributed by atoms with Gasteiger partial charge in [-0.2, -0.15) is 5.10 Å². The highest BCUT2D eigenvalue weighted by Gasteiger charge is 2.08. The Balaban J connectivity index is 1.92. The number of sulfone groups is 1. The Morgan fingerprint density at radius 2 is 1.55 bits per heavy atom. The number of aryl methyl sites for hydroxylation is 1. The van der Waals surface area contributed by atoms with Crippen LogP contribution in [0.3, 0.4) is 0 Å². The highest BCUT2D eigenvalue weighted by Crippen LogP contribution is 2.20. The highest BCUT2D eigenvalue weighted by atomic mass is 32.2. The molecule has 0 unspecified atom stereocenters. The van der Waals surface area contributed by atoms with E-state index in [1.54, 1.807) is 28.9 Å². The maximum absolute atomic E-state index is 11.5. The first-order valence-corrected chi connectivity index (χ1v) is 8.76. The van der Waals surface area contributed by atoms with E-state index in [2.05, 4.69) is 17.2 Å². The van der Waals surface area contributed by atoms with Crippen LogP contribution in [0.2, 0.25) is 0 Å². The van der Waals surface area contributed by atoms with Gasteiger partial charge in [0.25, 0.3) is 0 Å². The fourth-order valence-electron chi connectivity index (χ4n) is 2.19. The quantitative estimate of drug-likeness (QED) is 0.746. The van der Waals surface area contributed by atoms with E-state index in [1.165, 1.54) is 11.8 Å². The van der Waals surface area contributed by atoms with Crippen LogP contribution in [-0.4, -0.2) is 24.5 Å². The van der Waals surface area contributed by atoms with E-state index in [1.807, 2.05) is 31.3 Å². The van der Waals surface area contributed by atoms with Gasteiger partial charge in [-0.05, 0) is 37.3 Å². The number of aromatic nitrogens is 2. The van der Waals surface area contributed by atoms with Crippen LogP contribution >= 0.6 is 0 Å². The summed E-state index contributed by atoms with van der Waals surface area (Å²) >= 11 is 0. The zero-order valence-corrected chi connectivity index (χ0v) is 13.2. The van der Waals surface area contributed by atoms with E-state index >= 15 is 0 Å². The second kappa shape index (κ2) is 5.42. The minimum Gasteiger partial charge on any atom is -0.240 e. The summed E-state index contributed by atoms with van der Waals surface area (Å²) in [5.41, 5.74) is 3.97. The topological polar surface area (TPSA) is 52.0 Å². The normalized spacial score (nSPS) is 11.5. The Kier molecular flexibility index (Phi) is 3.58. The van der Waals surface area contributed by atoms with Gasteiger partial charge in [0, 0.05) is 18.0 Å². The molecule has 1 heterocycles. The van der Waals surface area contributed by atoms with Gasteiger partial charge in [-0.15, -0.1) is 0 Å². The minimum absolute atomic E-state index is 0.308.